The molecule has 1 N–H and O–H groups in total. The number of amides is 2. The lowest BCUT2D eigenvalue weighted by Gasteiger charge is -2.34. The van der Waals surface area contributed by atoms with E-state index in [1.165, 1.54) is 19.3 Å². The molecule has 0 aromatic heterocycles. The van der Waals surface area contributed by atoms with Crippen LogP contribution in [-0.2, 0) is 0 Å². The van der Waals surface area contributed by atoms with Crippen LogP contribution in [0.3, 0.4) is 0 Å². The number of urea groups is 1. The van der Waals surface area contributed by atoms with Crippen molar-refractivity contribution in [2.24, 2.45) is 0 Å². The Morgan fingerprint density at radius 1 is 1.17 bits per heavy atom. The lowest BCUT2D eigenvalue weighted by molar-refractivity contribution is 0.146. The first-order chi connectivity index (χ1) is 11.0. The fourth-order valence-electron chi connectivity index (χ4n) is 3.02. The highest BCUT2D eigenvalue weighted by Gasteiger charge is 2.21. The van der Waals surface area contributed by atoms with E-state index in [4.69, 9.17) is 11.6 Å². The molecule has 0 aliphatic carbocycles. The summed E-state index contributed by atoms with van der Waals surface area (Å²) in [5, 5.41) is 3.58. The number of piperazine rings is 1. The maximum absolute atomic E-state index is 12.5. The summed E-state index contributed by atoms with van der Waals surface area (Å²) in [6, 6.07) is 3.87. The molecular formula is C18H28ClN3O. The average molecular weight is 338 g/mol. The molecule has 2 rings (SSSR count). The number of anilines is 1. The number of rotatable bonds is 5. The molecule has 0 bridgehead atoms. The van der Waals surface area contributed by atoms with E-state index in [1.807, 2.05) is 30.9 Å². The van der Waals surface area contributed by atoms with Crippen molar-refractivity contribution in [2.75, 3.05) is 38.0 Å². The number of halogens is 1. The monoisotopic (exact) mass is 337 g/mol. The number of benzene rings is 1. The van der Waals surface area contributed by atoms with Gasteiger partial charge in [-0.3, -0.25) is 4.90 Å². The van der Waals surface area contributed by atoms with Crippen LogP contribution in [0.25, 0.3) is 0 Å². The average Bonchev–Trinajstić information content (AvgIpc) is 2.51. The summed E-state index contributed by atoms with van der Waals surface area (Å²) < 4.78 is 0. The van der Waals surface area contributed by atoms with E-state index in [-0.39, 0.29) is 6.03 Å². The van der Waals surface area contributed by atoms with E-state index < -0.39 is 0 Å². The van der Waals surface area contributed by atoms with Crippen LogP contribution in [0.2, 0.25) is 5.02 Å². The maximum atomic E-state index is 12.5. The number of carbonyl (C=O) groups excluding carboxylic acids is 1. The van der Waals surface area contributed by atoms with Gasteiger partial charge in [0.1, 0.15) is 0 Å². The predicted octanol–water partition coefficient (Wildman–Crippen LogP) is 4.30. The highest BCUT2D eigenvalue weighted by atomic mass is 35.5. The zero-order chi connectivity index (χ0) is 16.8. The molecule has 1 aliphatic rings. The molecule has 0 saturated carbocycles. The van der Waals surface area contributed by atoms with Crippen LogP contribution >= 0.6 is 11.6 Å². The summed E-state index contributed by atoms with van der Waals surface area (Å²) in [4.78, 5) is 16.8. The molecule has 5 heteroatoms. The van der Waals surface area contributed by atoms with Crippen LogP contribution < -0.4 is 5.32 Å². The van der Waals surface area contributed by atoms with Crippen molar-refractivity contribution >= 4 is 23.3 Å². The molecule has 0 atom stereocenters. The summed E-state index contributed by atoms with van der Waals surface area (Å²) in [6.07, 6.45) is 3.78. The number of unbranched alkanes of at least 4 members (excludes halogenated alkanes) is 2. The maximum Gasteiger partial charge on any atom is 0.321 e. The minimum atomic E-state index is -0.0490. The van der Waals surface area contributed by atoms with E-state index in [0.717, 1.165) is 49.5 Å². The number of aryl methyl sites for hydroxylation is 2. The van der Waals surface area contributed by atoms with Gasteiger partial charge >= 0.3 is 6.03 Å². The molecule has 1 aromatic rings. The van der Waals surface area contributed by atoms with Crippen molar-refractivity contribution in [3.05, 3.63) is 28.3 Å². The van der Waals surface area contributed by atoms with Gasteiger partial charge < -0.3 is 10.2 Å². The molecule has 1 aromatic carbocycles. The number of hydrogen-bond acceptors (Lipinski definition) is 2. The van der Waals surface area contributed by atoms with Crippen LogP contribution in [0, 0.1) is 13.8 Å². The minimum Gasteiger partial charge on any atom is -0.322 e. The van der Waals surface area contributed by atoms with Crippen LogP contribution in [0.5, 0.6) is 0 Å². The zero-order valence-electron chi connectivity index (χ0n) is 14.5. The van der Waals surface area contributed by atoms with Crippen molar-refractivity contribution < 1.29 is 4.79 Å². The molecule has 128 valence electrons. The Morgan fingerprint density at radius 2 is 1.87 bits per heavy atom. The number of nitrogens with zero attached hydrogens (tertiary/aromatic N) is 2. The first-order valence-electron chi connectivity index (χ1n) is 8.56. The van der Waals surface area contributed by atoms with Crippen molar-refractivity contribution in [1.29, 1.82) is 0 Å². The van der Waals surface area contributed by atoms with Crippen molar-refractivity contribution in [1.82, 2.24) is 9.80 Å². The SMILES string of the molecule is CCCCCN1CCN(C(=O)Nc2c(C)cc(C)cc2Cl)CC1. The van der Waals surface area contributed by atoms with Gasteiger partial charge in [0.25, 0.3) is 0 Å². The molecule has 4 nitrogen and oxygen atoms in total. The van der Waals surface area contributed by atoms with Gasteiger partial charge in [0.2, 0.25) is 0 Å². The van der Waals surface area contributed by atoms with Crippen LogP contribution in [0.1, 0.15) is 37.3 Å². The van der Waals surface area contributed by atoms with Crippen molar-refractivity contribution in [3.63, 3.8) is 0 Å². The number of nitrogens with one attached hydrogen (secondary N) is 1. The van der Waals surface area contributed by atoms with Gasteiger partial charge in [-0.25, -0.2) is 4.79 Å². The van der Waals surface area contributed by atoms with Gasteiger partial charge in [0.15, 0.2) is 0 Å². The Hall–Kier alpha value is -1.26. The van der Waals surface area contributed by atoms with E-state index in [1.54, 1.807) is 0 Å². The minimum absolute atomic E-state index is 0.0490. The summed E-state index contributed by atoms with van der Waals surface area (Å²) >= 11 is 6.27. The summed E-state index contributed by atoms with van der Waals surface area (Å²) in [7, 11) is 0. The lowest BCUT2D eigenvalue weighted by Crippen LogP contribution is -2.50. The highest BCUT2D eigenvalue weighted by Crippen LogP contribution is 2.27. The molecular weight excluding hydrogens is 310 g/mol. The fraction of sp³-hybridized carbons (Fsp3) is 0.611. The van der Waals surface area contributed by atoms with Gasteiger partial charge in [0.05, 0.1) is 10.7 Å². The van der Waals surface area contributed by atoms with E-state index in [9.17, 15) is 4.79 Å². The zero-order valence-corrected chi connectivity index (χ0v) is 15.2. The fourth-order valence-corrected chi connectivity index (χ4v) is 3.39. The molecule has 2 amide bonds. The summed E-state index contributed by atoms with van der Waals surface area (Å²) in [5.74, 6) is 0. The van der Waals surface area contributed by atoms with Gasteiger partial charge in [-0.1, -0.05) is 37.4 Å². The Bertz CT molecular complexity index is 516. The second-order valence-electron chi connectivity index (χ2n) is 6.40. The summed E-state index contributed by atoms with van der Waals surface area (Å²) in [5.41, 5.74) is 2.83. The topological polar surface area (TPSA) is 35.6 Å². The number of carbonyl (C=O) groups is 1. The second-order valence-corrected chi connectivity index (χ2v) is 6.81. The van der Waals surface area contributed by atoms with Gasteiger partial charge in [-0.15, -0.1) is 0 Å². The van der Waals surface area contributed by atoms with Crippen LogP contribution in [-0.4, -0.2) is 48.6 Å². The molecule has 23 heavy (non-hydrogen) atoms. The van der Waals surface area contributed by atoms with Gasteiger partial charge in [-0.2, -0.15) is 0 Å². The first kappa shape index (κ1) is 18.1. The Kier molecular flexibility index (Phi) is 6.72. The third kappa shape index (κ3) is 5.11. The molecule has 1 aliphatic heterocycles. The Balaban J connectivity index is 1.86. The normalized spacial score (nSPS) is 15.7. The Morgan fingerprint density at radius 3 is 2.48 bits per heavy atom. The second kappa shape index (κ2) is 8.55. The van der Waals surface area contributed by atoms with Crippen LogP contribution in [0.15, 0.2) is 12.1 Å². The molecule has 1 fully saturated rings. The van der Waals surface area contributed by atoms with E-state index >= 15 is 0 Å². The third-order valence-corrected chi connectivity index (χ3v) is 4.70. The molecule has 0 unspecified atom stereocenters. The summed E-state index contributed by atoms with van der Waals surface area (Å²) in [6.45, 7) is 10.8. The smallest absolute Gasteiger partial charge is 0.321 e. The van der Waals surface area contributed by atoms with Gasteiger partial charge in [0, 0.05) is 26.2 Å². The third-order valence-electron chi connectivity index (χ3n) is 4.40. The van der Waals surface area contributed by atoms with Crippen molar-refractivity contribution in [2.45, 2.75) is 40.0 Å². The molecule has 0 spiro atoms. The highest BCUT2D eigenvalue weighted by molar-refractivity contribution is 6.34. The standard InChI is InChI=1S/C18H28ClN3O/c1-4-5-6-7-21-8-10-22(11-9-21)18(23)20-17-15(3)12-14(2)13-16(17)19/h12-13H,4-11H2,1-3H3,(H,20,23). The largest absolute Gasteiger partial charge is 0.322 e. The van der Waals surface area contributed by atoms with E-state index in [0.29, 0.717) is 5.02 Å². The van der Waals surface area contributed by atoms with Gasteiger partial charge in [-0.05, 0) is 44.0 Å². The van der Waals surface area contributed by atoms with E-state index in [2.05, 4.69) is 17.1 Å². The first-order valence-corrected chi connectivity index (χ1v) is 8.94. The quantitative estimate of drug-likeness (QED) is 0.813. The van der Waals surface area contributed by atoms with Crippen LogP contribution in [0.4, 0.5) is 10.5 Å². The molecule has 1 heterocycles. The lowest BCUT2D eigenvalue weighted by atomic mass is 10.1. The molecule has 0 radical (unpaired) electrons. The predicted molar refractivity (Wildman–Crippen MR) is 97.5 cm³/mol. The Labute approximate surface area is 144 Å². The number of hydrogen-bond donors (Lipinski definition) is 1. The van der Waals surface area contributed by atoms with Crippen molar-refractivity contribution in [3.8, 4) is 0 Å². The molecule has 1 saturated heterocycles.